The Morgan fingerprint density at radius 1 is 0.846 bits per heavy atom. The molecule has 4 N–H and O–H groups in total. The zero-order valence-electron chi connectivity index (χ0n) is 44.3. The number of aromatic amines is 1. The average Bonchev–Trinajstić information content (AvgIpc) is 4.33. The number of H-pyrrole nitrogens is 1. The van der Waals surface area contributed by atoms with Gasteiger partial charge in [0.05, 0.1) is 54.0 Å². The number of β-amino-alcohol motifs (C(OH)–C–C–N with tert-alkyl or cyclic N) is 1. The van der Waals surface area contributed by atoms with Crippen LogP contribution >= 0.6 is 22.9 Å². The number of piperazine rings is 1. The topological polar surface area (TPSA) is 191 Å². The summed E-state index contributed by atoms with van der Waals surface area (Å²) in [4.78, 5) is 67.6. The first kappa shape index (κ1) is 54.6. The molecule has 0 radical (unpaired) electrons. The Morgan fingerprint density at radius 3 is 2.36 bits per heavy atom. The lowest BCUT2D eigenvalue weighted by Gasteiger charge is -2.35. The summed E-state index contributed by atoms with van der Waals surface area (Å²) in [5.41, 5.74) is 11.0. The highest BCUT2D eigenvalue weighted by atomic mass is 35.5. The molecule has 0 bridgehead atoms. The van der Waals surface area contributed by atoms with Gasteiger partial charge in [-0.3, -0.25) is 24.2 Å². The molecule has 0 spiro atoms. The Morgan fingerprint density at radius 2 is 1.59 bits per heavy atom. The number of aliphatic hydroxyl groups is 1. The number of amides is 3. The molecule has 3 aliphatic heterocycles. The van der Waals surface area contributed by atoms with Crippen molar-refractivity contribution < 1.29 is 33.7 Å². The van der Waals surface area contributed by atoms with Gasteiger partial charge in [0.15, 0.2) is 0 Å². The van der Waals surface area contributed by atoms with Crippen LogP contribution in [0.25, 0.3) is 32.7 Å². The molecule has 19 heteroatoms. The van der Waals surface area contributed by atoms with Crippen LogP contribution in [0.1, 0.15) is 58.6 Å². The third-order valence-corrected chi connectivity index (χ3v) is 16.2. The van der Waals surface area contributed by atoms with Crippen LogP contribution in [-0.4, -0.2) is 153 Å². The third kappa shape index (κ3) is 12.9. The molecule has 7 aromatic rings. The van der Waals surface area contributed by atoms with Crippen LogP contribution in [0, 0.1) is 12.8 Å². The van der Waals surface area contributed by atoms with Crippen molar-refractivity contribution >= 4 is 57.5 Å². The molecule has 3 aromatic heterocycles. The van der Waals surface area contributed by atoms with Crippen molar-refractivity contribution in [2.75, 3.05) is 77.6 Å². The van der Waals surface area contributed by atoms with Crippen molar-refractivity contribution in [1.29, 1.82) is 0 Å². The highest BCUT2D eigenvalue weighted by molar-refractivity contribution is 7.13. The van der Waals surface area contributed by atoms with Crippen LogP contribution in [0.3, 0.4) is 0 Å². The molecule has 2 saturated heterocycles. The monoisotopic (exact) mass is 1090 g/mol. The van der Waals surface area contributed by atoms with Gasteiger partial charge in [0.1, 0.15) is 42.2 Å². The number of rotatable bonds is 23. The molecule has 10 rings (SSSR count). The number of nitrogens with one attached hydrogen (secondary N) is 3. The van der Waals surface area contributed by atoms with Crippen LogP contribution in [0.2, 0.25) is 5.02 Å². The fourth-order valence-corrected chi connectivity index (χ4v) is 11.6. The molecule has 78 heavy (non-hydrogen) atoms. The second-order valence-electron chi connectivity index (χ2n) is 20.5. The zero-order chi connectivity index (χ0) is 54.1. The van der Waals surface area contributed by atoms with Crippen LogP contribution in [-0.2, 0) is 45.2 Å². The number of aryl methyl sites for hydroxylation is 1. The number of anilines is 1. The van der Waals surface area contributed by atoms with Gasteiger partial charge in [0, 0.05) is 93.7 Å². The Balaban J connectivity index is 0.640. The van der Waals surface area contributed by atoms with Crippen molar-refractivity contribution in [3.63, 3.8) is 0 Å². The number of aromatic nitrogens is 4. The summed E-state index contributed by atoms with van der Waals surface area (Å²) in [6, 6.07) is 30.1. The molecular weight excluding hydrogens is 1030 g/mol. The molecule has 6 heterocycles. The Kier molecular flexibility index (Phi) is 17.7. The first-order valence-corrected chi connectivity index (χ1v) is 28.0. The molecule has 4 aromatic carbocycles. The van der Waals surface area contributed by atoms with E-state index in [1.165, 1.54) is 10.5 Å². The van der Waals surface area contributed by atoms with Crippen molar-refractivity contribution in [2.24, 2.45) is 5.92 Å². The third-order valence-electron chi connectivity index (χ3n) is 14.8. The largest absolute Gasteiger partial charge is 0.491 e. The van der Waals surface area contributed by atoms with E-state index in [9.17, 15) is 19.5 Å². The van der Waals surface area contributed by atoms with Crippen molar-refractivity contribution in [2.45, 2.75) is 71.6 Å². The Hall–Kier alpha value is -6.77. The number of likely N-dealkylation sites (tertiary alicyclic amines) is 1. The van der Waals surface area contributed by atoms with Crippen LogP contribution in [0.5, 0.6) is 5.75 Å². The molecular formula is C59H67ClN10O7S. The van der Waals surface area contributed by atoms with Crippen LogP contribution < -0.4 is 15.4 Å². The number of halogens is 1. The lowest BCUT2D eigenvalue weighted by molar-refractivity contribution is -0.143. The maximum atomic E-state index is 14.3. The van der Waals surface area contributed by atoms with Crippen LogP contribution in [0.15, 0.2) is 109 Å². The first-order chi connectivity index (χ1) is 38.0. The van der Waals surface area contributed by atoms with E-state index in [0.29, 0.717) is 50.8 Å². The average molecular weight is 1100 g/mol. The predicted octanol–water partition coefficient (Wildman–Crippen LogP) is 7.81. The Labute approximate surface area is 463 Å². The van der Waals surface area contributed by atoms with Gasteiger partial charge in [-0.25, -0.2) is 15.0 Å². The number of thiazole rings is 1. The van der Waals surface area contributed by atoms with Crippen molar-refractivity contribution in [3.8, 4) is 27.4 Å². The number of nitrogens with zero attached hydrogens (tertiary/aromatic N) is 7. The van der Waals surface area contributed by atoms with E-state index >= 15 is 0 Å². The Bertz CT molecular complexity index is 3200. The van der Waals surface area contributed by atoms with Gasteiger partial charge >= 0.3 is 0 Å². The van der Waals surface area contributed by atoms with Gasteiger partial charge in [0.2, 0.25) is 11.8 Å². The van der Waals surface area contributed by atoms with Gasteiger partial charge in [-0.15, -0.1) is 11.3 Å². The number of carbonyl (C=O) groups is 3. The number of benzene rings is 4. The number of hydrogen-bond donors (Lipinski definition) is 4. The summed E-state index contributed by atoms with van der Waals surface area (Å²) >= 11 is 7.92. The molecule has 0 saturated carbocycles. The SMILES string of the molecule is Cc1ncsc1-c1ccc(CNC(=O)[C@@H]2C[C@@H](O)CN2C(=O)C(C(C)C)N2Cc3ccccc3C2=O)c(OCCOCCOCCN2CCN(Cc3ccc(-c4cc5c(NCc6ccccc6Cl)ncnc5[nH]4)cc3)CC2)c1. The molecule has 3 amide bonds. The highest BCUT2D eigenvalue weighted by Gasteiger charge is 2.46. The summed E-state index contributed by atoms with van der Waals surface area (Å²) in [6.45, 7) is 14.6. The predicted molar refractivity (Wildman–Crippen MR) is 302 cm³/mol. The summed E-state index contributed by atoms with van der Waals surface area (Å²) < 4.78 is 18.2. The fourth-order valence-electron chi connectivity index (χ4n) is 10.6. The smallest absolute Gasteiger partial charge is 0.255 e. The van der Waals surface area contributed by atoms with E-state index in [-0.39, 0.29) is 49.8 Å². The number of carbonyl (C=O) groups excluding carboxylic acids is 3. The summed E-state index contributed by atoms with van der Waals surface area (Å²) in [7, 11) is 0. The molecule has 408 valence electrons. The van der Waals surface area contributed by atoms with E-state index in [0.717, 1.165) is 105 Å². The molecule has 0 aliphatic carbocycles. The van der Waals surface area contributed by atoms with E-state index in [1.54, 1.807) is 28.6 Å². The molecule has 1 unspecified atom stereocenters. The van der Waals surface area contributed by atoms with E-state index in [1.807, 2.05) is 86.9 Å². The van der Waals surface area contributed by atoms with Gasteiger partial charge < -0.3 is 44.7 Å². The van der Waals surface area contributed by atoms with Gasteiger partial charge in [-0.05, 0) is 64.9 Å². The minimum absolute atomic E-state index is 0.00707. The van der Waals surface area contributed by atoms with E-state index in [2.05, 4.69) is 70.7 Å². The number of ether oxygens (including phenoxy) is 3. The second-order valence-corrected chi connectivity index (χ2v) is 21.7. The van der Waals surface area contributed by atoms with Gasteiger partial charge in [0.25, 0.3) is 5.91 Å². The summed E-state index contributed by atoms with van der Waals surface area (Å²) in [6.07, 6.45) is 0.789. The molecule has 3 atom stereocenters. The van der Waals surface area contributed by atoms with E-state index in [4.69, 9.17) is 25.8 Å². The van der Waals surface area contributed by atoms with E-state index < -0.39 is 18.2 Å². The molecule has 3 aliphatic rings. The highest BCUT2D eigenvalue weighted by Crippen LogP contribution is 2.34. The molecule has 17 nitrogen and oxygen atoms in total. The van der Waals surface area contributed by atoms with Crippen LogP contribution in [0.4, 0.5) is 5.82 Å². The fraction of sp³-hybridized carbons (Fsp3) is 0.390. The maximum absolute atomic E-state index is 14.3. The standard InChI is InChI=1S/C59H67ClN10O7S/c1-38(2)53(70-34-45-9-4-6-10-47(45)58(70)73)59(74)69-35-46(71)29-51(69)57(72)62-32-44-17-16-42(54-39(3)65-37-78-54)28-52(44)77-27-26-76-25-24-75-23-22-67-18-20-68(21-19-67)33-40-12-14-41(15-13-40)50-30-48-55(63-36-64-56(48)66-50)61-31-43-8-5-7-11-49(43)60/h4-17,28,30,36-38,46,51,53,71H,18-27,29,31-35H2,1-3H3,(H,62,72)(H2,61,63,64,66)/t46-,51+,53?/m1/s1. The number of fused-ring (bicyclic) bond motifs is 2. The minimum Gasteiger partial charge on any atom is -0.491 e. The van der Waals surface area contributed by atoms with Crippen molar-refractivity contribution in [3.05, 3.63) is 147 Å². The summed E-state index contributed by atoms with van der Waals surface area (Å²) in [5, 5.41) is 18.9. The number of aliphatic hydroxyl groups excluding tert-OH is 1. The van der Waals surface area contributed by atoms with Gasteiger partial charge in [-0.2, -0.15) is 0 Å². The summed E-state index contributed by atoms with van der Waals surface area (Å²) in [5.74, 6) is 0.193. The first-order valence-electron chi connectivity index (χ1n) is 26.8. The van der Waals surface area contributed by atoms with Crippen molar-refractivity contribution in [1.82, 2.24) is 44.9 Å². The van der Waals surface area contributed by atoms with Gasteiger partial charge in [-0.1, -0.05) is 98.2 Å². The lowest BCUT2D eigenvalue weighted by Crippen LogP contribution is -2.55. The quantitative estimate of drug-likeness (QED) is 0.0455. The molecule has 2 fully saturated rings. The lowest BCUT2D eigenvalue weighted by atomic mass is 10.0. The minimum atomic E-state index is -0.902. The second kappa shape index (κ2) is 25.4. The number of hydrogen-bond acceptors (Lipinski definition) is 14. The zero-order valence-corrected chi connectivity index (χ0v) is 45.9. The normalized spacial score (nSPS) is 17.3. The maximum Gasteiger partial charge on any atom is 0.255 e.